The molecule has 100 valence electrons. The molecule has 18 heavy (non-hydrogen) atoms. The molecule has 1 aromatic carbocycles. The topological polar surface area (TPSA) is 21.3 Å². The van der Waals surface area contributed by atoms with Gasteiger partial charge >= 0.3 is 0 Å². The van der Waals surface area contributed by atoms with Gasteiger partial charge in [-0.25, -0.2) is 4.39 Å². The number of benzene rings is 1. The van der Waals surface area contributed by atoms with E-state index in [4.69, 9.17) is 16.3 Å². The van der Waals surface area contributed by atoms with Crippen molar-refractivity contribution in [3.63, 3.8) is 0 Å². The number of halogens is 2. The molecule has 1 unspecified atom stereocenters. The molecule has 1 N–H and O–H groups in total. The summed E-state index contributed by atoms with van der Waals surface area (Å²) >= 11 is 5.83. The van der Waals surface area contributed by atoms with Crippen LogP contribution in [-0.4, -0.2) is 20.3 Å². The number of ether oxygens (including phenoxy) is 1. The van der Waals surface area contributed by atoms with Gasteiger partial charge in [-0.2, -0.15) is 0 Å². The van der Waals surface area contributed by atoms with Crippen LogP contribution >= 0.6 is 11.6 Å². The van der Waals surface area contributed by atoms with Gasteiger partial charge < -0.3 is 10.1 Å². The molecule has 0 aromatic heterocycles. The summed E-state index contributed by atoms with van der Waals surface area (Å²) in [5.74, 6) is 0.307. The Morgan fingerprint density at radius 1 is 1.44 bits per heavy atom. The van der Waals surface area contributed by atoms with E-state index in [1.54, 1.807) is 6.07 Å². The molecule has 0 spiro atoms. The SMILES string of the molecule is CNC(CC1CCOCC1)c1ccc(F)c(Cl)c1. The molecule has 2 rings (SSSR count). The summed E-state index contributed by atoms with van der Waals surface area (Å²) < 4.78 is 18.5. The largest absolute Gasteiger partial charge is 0.381 e. The lowest BCUT2D eigenvalue weighted by atomic mass is 9.89. The third-order valence-corrected chi connectivity index (χ3v) is 3.89. The molecule has 1 atom stereocenters. The first-order valence-electron chi connectivity index (χ1n) is 6.40. The van der Waals surface area contributed by atoms with Gasteiger partial charge in [0.15, 0.2) is 0 Å². The lowest BCUT2D eigenvalue weighted by Crippen LogP contribution is -2.24. The third kappa shape index (κ3) is 3.44. The highest BCUT2D eigenvalue weighted by Gasteiger charge is 2.20. The summed E-state index contributed by atoms with van der Waals surface area (Å²) in [6.45, 7) is 1.70. The lowest BCUT2D eigenvalue weighted by Gasteiger charge is -2.26. The van der Waals surface area contributed by atoms with Gasteiger partial charge in [0.2, 0.25) is 0 Å². The average molecular weight is 272 g/mol. The second-order valence-corrected chi connectivity index (χ2v) is 5.21. The molecular weight excluding hydrogens is 253 g/mol. The quantitative estimate of drug-likeness (QED) is 0.904. The Kier molecular flexibility index (Phi) is 4.98. The van der Waals surface area contributed by atoms with Crippen molar-refractivity contribution < 1.29 is 9.13 Å². The predicted molar refractivity (Wildman–Crippen MR) is 71.4 cm³/mol. The van der Waals surface area contributed by atoms with Gasteiger partial charge in [0, 0.05) is 19.3 Å². The summed E-state index contributed by atoms with van der Waals surface area (Å²) in [5.41, 5.74) is 1.05. The molecule has 0 radical (unpaired) electrons. The van der Waals surface area contributed by atoms with E-state index in [1.165, 1.54) is 6.07 Å². The second kappa shape index (κ2) is 6.50. The standard InChI is InChI=1S/C14H19ClFNO/c1-17-14(8-10-4-6-18-7-5-10)11-2-3-13(16)12(15)9-11/h2-3,9-10,14,17H,4-8H2,1H3. The zero-order chi connectivity index (χ0) is 13.0. The predicted octanol–water partition coefficient (Wildman–Crippen LogP) is 3.56. The molecule has 1 heterocycles. The molecule has 1 fully saturated rings. The van der Waals surface area contributed by atoms with E-state index in [0.717, 1.165) is 38.0 Å². The average Bonchev–Trinajstić information content (AvgIpc) is 2.40. The van der Waals surface area contributed by atoms with Crippen molar-refractivity contribution in [3.8, 4) is 0 Å². The van der Waals surface area contributed by atoms with E-state index in [9.17, 15) is 4.39 Å². The number of nitrogens with one attached hydrogen (secondary N) is 1. The highest BCUT2D eigenvalue weighted by atomic mass is 35.5. The Hall–Kier alpha value is -0.640. The molecule has 1 saturated heterocycles. The number of rotatable bonds is 4. The molecule has 0 amide bonds. The summed E-state index contributed by atoms with van der Waals surface area (Å²) in [6, 6.07) is 5.19. The first-order chi connectivity index (χ1) is 8.70. The molecule has 1 aliphatic heterocycles. The van der Waals surface area contributed by atoms with Gasteiger partial charge in [-0.1, -0.05) is 17.7 Å². The van der Waals surface area contributed by atoms with E-state index in [2.05, 4.69) is 5.32 Å². The summed E-state index contributed by atoms with van der Waals surface area (Å²) in [7, 11) is 1.93. The zero-order valence-electron chi connectivity index (χ0n) is 10.6. The summed E-state index contributed by atoms with van der Waals surface area (Å²) in [4.78, 5) is 0. The maximum Gasteiger partial charge on any atom is 0.141 e. The molecule has 1 aliphatic rings. The minimum atomic E-state index is -0.360. The minimum Gasteiger partial charge on any atom is -0.381 e. The highest BCUT2D eigenvalue weighted by Crippen LogP contribution is 2.29. The van der Waals surface area contributed by atoms with Crippen LogP contribution in [0.5, 0.6) is 0 Å². The van der Waals surface area contributed by atoms with Crippen LogP contribution in [0.2, 0.25) is 5.02 Å². The van der Waals surface area contributed by atoms with Crippen LogP contribution in [0.4, 0.5) is 4.39 Å². The summed E-state index contributed by atoms with van der Waals surface area (Å²) in [6.07, 6.45) is 3.25. The fourth-order valence-electron chi connectivity index (χ4n) is 2.47. The van der Waals surface area contributed by atoms with Crippen LogP contribution in [-0.2, 0) is 4.74 Å². The highest BCUT2D eigenvalue weighted by molar-refractivity contribution is 6.30. The number of hydrogen-bond donors (Lipinski definition) is 1. The van der Waals surface area contributed by atoms with Crippen LogP contribution in [0, 0.1) is 11.7 Å². The third-order valence-electron chi connectivity index (χ3n) is 3.60. The van der Waals surface area contributed by atoms with Gasteiger partial charge in [0.05, 0.1) is 5.02 Å². The Bertz CT molecular complexity index is 393. The van der Waals surface area contributed by atoms with E-state index >= 15 is 0 Å². The molecule has 0 aliphatic carbocycles. The number of hydrogen-bond acceptors (Lipinski definition) is 2. The summed E-state index contributed by atoms with van der Waals surface area (Å²) in [5, 5.41) is 3.48. The molecule has 0 saturated carbocycles. The Balaban J connectivity index is 2.04. The van der Waals surface area contributed by atoms with E-state index in [0.29, 0.717) is 5.92 Å². The Morgan fingerprint density at radius 2 is 2.17 bits per heavy atom. The Labute approximate surface area is 112 Å². The minimum absolute atomic E-state index is 0.194. The van der Waals surface area contributed by atoms with Gasteiger partial charge in [-0.3, -0.25) is 0 Å². The normalized spacial score (nSPS) is 18.8. The smallest absolute Gasteiger partial charge is 0.141 e. The van der Waals surface area contributed by atoms with Crippen molar-refractivity contribution >= 4 is 11.6 Å². The fourth-order valence-corrected chi connectivity index (χ4v) is 2.65. The maximum absolute atomic E-state index is 13.2. The van der Waals surface area contributed by atoms with Gasteiger partial charge in [-0.15, -0.1) is 0 Å². The Morgan fingerprint density at radius 3 is 2.78 bits per heavy atom. The van der Waals surface area contributed by atoms with Crippen molar-refractivity contribution in [2.75, 3.05) is 20.3 Å². The van der Waals surface area contributed by atoms with E-state index in [-0.39, 0.29) is 16.9 Å². The first-order valence-corrected chi connectivity index (χ1v) is 6.78. The van der Waals surface area contributed by atoms with E-state index < -0.39 is 0 Å². The molecular formula is C14H19ClFNO. The second-order valence-electron chi connectivity index (χ2n) is 4.81. The van der Waals surface area contributed by atoms with E-state index in [1.807, 2.05) is 13.1 Å². The van der Waals surface area contributed by atoms with Gasteiger partial charge in [-0.05, 0) is 49.9 Å². The van der Waals surface area contributed by atoms with Gasteiger partial charge in [0.25, 0.3) is 0 Å². The van der Waals surface area contributed by atoms with Crippen molar-refractivity contribution in [2.45, 2.75) is 25.3 Å². The first kappa shape index (κ1) is 13.8. The van der Waals surface area contributed by atoms with Crippen LogP contribution < -0.4 is 5.32 Å². The maximum atomic E-state index is 13.2. The zero-order valence-corrected chi connectivity index (χ0v) is 11.3. The van der Waals surface area contributed by atoms with Crippen LogP contribution in [0.1, 0.15) is 30.9 Å². The fraction of sp³-hybridized carbons (Fsp3) is 0.571. The lowest BCUT2D eigenvalue weighted by molar-refractivity contribution is 0.0608. The monoisotopic (exact) mass is 271 g/mol. The molecule has 2 nitrogen and oxygen atoms in total. The van der Waals surface area contributed by atoms with Gasteiger partial charge in [0.1, 0.15) is 5.82 Å². The van der Waals surface area contributed by atoms with Crippen molar-refractivity contribution in [1.29, 1.82) is 0 Å². The molecule has 1 aromatic rings. The van der Waals surface area contributed by atoms with Crippen molar-refractivity contribution in [3.05, 3.63) is 34.6 Å². The molecule has 4 heteroatoms. The van der Waals surface area contributed by atoms with Crippen molar-refractivity contribution in [2.24, 2.45) is 5.92 Å². The van der Waals surface area contributed by atoms with Crippen molar-refractivity contribution in [1.82, 2.24) is 5.32 Å². The van der Waals surface area contributed by atoms with Crippen LogP contribution in [0.25, 0.3) is 0 Å². The van der Waals surface area contributed by atoms with Crippen LogP contribution in [0.15, 0.2) is 18.2 Å². The molecule has 0 bridgehead atoms. The van der Waals surface area contributed by atoms with Crippen LogP contribution in [0.3, 0.4) is 0 Å².